The van der Waals surface area contributed by atoms with Gasteiger partial charge in [0.05, 0.1) is 10.9 Å². The molecule has 0 spiro atoms. The van der Waals surface area contributed by atoms with E-state index in [1.165, 1.54) is 11.3 Å². The van der Waals surface area contributed by atoms with Crippen LogP contribution in [0.2, 0.25) is 4.34 Å². The number of nitrogens with zero attached hydrogens (tertiary/aromatic N) is 1. The summed E-state index contributed by atoms with van der Waals surface area (Å²) in [6.45, 7) is 7.12. The van der Waals surface area contributed by atoms with Crippen LogP contribution in [-0.2, 0) is 6.54 Å². The molecule has 23 heavy (non-hydrogen) atoms. The van der Waals surface area contributed by atoms with E-state index in [1.54, 1.807) is 17.0 Å². The molecular formula is C17H19ClN2O2S. The third-order valence-electron chi connectivity index (χ3n) is 3.10. The predicted octanol–water partition coefficient (Wildman–Crippen LogP) is 5.02. The van der Waals surface area contributed by atoms with Crippen molar-refractivity contribution in [2.75, 3.05) is 18.5 Å². The molecule has 6 heteroatoms. The van der Waals surface area contributed by atoms with Crippen LogP contribution in [0.15, 0.2) is 49.1 Å². The van der Waals surface area contributed by atoms with E-state index in [4.69, 9.17) is 16.3 Å². The van der Waals surface area contributed by atoms with Gasteiger partial charge in [0, 0.05) is 23.2 Å². The molecule has 2 amide bonds. The number of carbonyl (C=O) groups excluding carboxylic acids is 1. The molecule has 2 aromatic rings. The minimum Gasteiger partial charge on any atom is -0.489 e. The molecule has 1 aromatic carbocycles. The van der Waals surface area contributed by atoms with E-state index in [0.717, 1.165) is 9.21 Å². The van der Waals surface area contributed by atoms with E-state index in [9.17, 15) is 4.79 Å². The summed E-state index contributed by atoms with van der Waals surface area (Å²) in [7, 11) is 0. The number of anilines is 1. The van der Waals surface area contributed by atoms with E-state index in [0.29, 0.717) is 31.1 Å². The summed E-state index contributed by atoms with van der Waals surface area (Å²) in [6.07, 6.45) is 1.68. The SMILES string of the molecule is C=CCOc1cccc(NC(=O)N(CC)Cc2ccc(Cl)s2)c1. The van der Waals surface area contributed by atoms with Gasteiger partial charge in [0.2, 0.25) is 0 Å². The average molecular weight is 351 g/mol. The first-order chi connectivity index (χ1) is 11.1. The molecule has 2 rings (SSSR count). The average Bonchev–Trinajstić information content (AvgIpc) is 2.96. The Labute approximate surface area is 145 Å². The van der Waals surface area contributed by atoms with Crippen LogP contribution in [0.25, 0.3) is 0 Å². The number of halogens is 1. The second-order valence-electron chi connectivity index (χ2n) is 4.78. The Balaban J connectivity index is 1.99. The van der Waals surface area contributed by atoms with Crippen molar-refractivity contribution < 1.29 is 9.53 Å². The van der Waals surface area contributed by atoms with Crippen molar-refractivity contribution in [1.29, 1.82) is 0 Å². The summed E-state index contributed by atoms with van der Waals surface area (Å²) < 4.78 is 6.19. The minimum absolute atomic E-state index is 0.155. The van der Waals surface area contributed by atoms with Crippen LogP contribution in [0.3, 0.4) is 0 Å². The normalized spacial score (nSPS) is 10.2. The van der Waals surface area contributed by atoms with Gasteiger partial charge in [-0.05, 0) is 31.2 Å². The molecule has 0 bridgehead atoms. The summed E-state index contributed by atoms with van der Waals surface area (Å²) >= 11 is 7.42. The van der Waals surface area contributed by atoms with Crippen LogP contribution >= 0.6 is 22.9 Å². The van der Waals surface area contributed by atoms with Gasteiger partial charge in [-0.15, -0.1) is 11.3 Å². The summed E-state index contributed by atoms with van der Waals surface area (Å²) in [5.41, 5.74) is 0.694. The molecule has 0 saturated carbocycles. The van der Waals surface area contributed by atoms with Gasteiger partial charge in [-0.3, -0.25) is 0 Å². The maximum absolute atomic E-state index is 12.4. The number of hydrogen-bond donors (Lipinski definition) is 1. The largest absolute Gasteiger partial charge is 0.489 e. The zero-order valence-electron chi connectivity index (χ0n) is 12.9. The number of carbonyl (C=O) groups is 1. The number of ether oxygens (including phenoxy) is 1. The summed E-state index contributed by atoms with van der Waals surface area (Å²) in [5.74, 6) is 0.691. The van der Waals surface area contributed by atoms with Gasteiger partial charge < -0.3 is 15.0 Å². The maximum atomic E-state index is 12.4. The van der Waals surface area contributed by atoms with Crippen molar-refractivity contribution in [1.82, 2.24) is 4.90 Å². The first kappa shape index (κ1) is 17.4. The second-order valence-corrected chi connectivity index (χ2v) is 6.58. The lowest BCUT2D eigenvalue weighted by Gasteiger charge is -2.21. The fourth-order valence-electron chi connectivity index (χ4n) is 1.97. The van der Waals surface area contributed by atoms with Crippen molar-refractivity contribution in [3.05, 3.63) is 58.3 Å². The molecule has 0 radical (unpaired) electrons. The highest BCUT2D eigenvalue weighted by molar-refractivity contribution is 7.16. The van der Waals surface area contributed by atoms with Crippen LogP contribution in [0.4, 0.5) is 10.5 Å². The van der Waals surface area contributed by atoms with Crippen molar-refractivity contribution in [3.8, 4) is 5.75 Å². The number of amides is 2. The summed E-state index contributed by atoms with van der Waals surface area (Å²) in [5, 5.41) is 2.89. The number of rotatable bonds is 7. The molecule has 0 unspecified atom stereocenters. The molecule has 1 heterocycles. The molecule has 0 atom stereocenters. The second kappa shape index (κ2) is 8.60. The van der Waals surface area contributed by atoms with Gasteiger partial charge in [-0.2, -0.15) is 0 Å². The van der Waals surface area contributed by atoms with Crippen LogP contribution in [0, 0.1) is 0 Å². The fraction of sp³-hybridized carbons (Fsp3) is 0.235. The lowest BCUT2D eigenvalue weighted by atomic mass is 10.3. The van der Waals surface area contributed by atoms with Crippen molar-refractivity contribution in [2.45, 2.75) is 13.5 Å². The molecule has 1 N–H and O–H groups in total. The van der Waals surface area contributed by atoms with E-state index in [-0.39, 0.29) is 6.03 Å². The number of urea groups is 1. The van der Waals surface area contributed by atoms with Gasteiger partial charge in [0.25, 0.3) is 0 Å². The Hall–Kier alpha value is -1.98. The Bertz CT molecular complexity index is 672. The molecular weight excluding hydrogens is 332 g/mol. The Kier molecular flexibility index (Phi) is 6.50. The van der Waals surface area contributed by atoms with Crippen molar-refractivity contribution in [3.63, 3.8) is 0 Å². The van der Waals surface area contributed by atoms with Gasteiger partial charge in [0.1, 0.15) is 12.4 Å². The smallest absolute Gasteiger partial charge is 0.322 e. The highest BCUT2D eigenvalue weighted by Gasteiger charge is 2.13. The zero-order chi connectivity index (χ0) is 16.7. The fourth-order valence-corrected chi connectivity index (χ4v) is 3.08. The monoisotopic (exact) mass is 350 g/mol. The van der Waals surface area contributed by atoms with Gasteiger partial charge in [-0.25, -0.2) is 4.79 Å². The number of benzene rings is 1. The van der Waals surface area contributed by atoms with Crippen LogP contribution < -0.4 is 10.1 Å². The molecule has 0 saturated heterocycles. The van der Waals surface area contributed by atoms with Gasteiger partial charge >= 0.3 is 6.03 Å². The highest BCUT2D eigenvalue weighted by atomic mass is 35.5. The Morgan fingerprint density at radius 2 is 2.26 bits per heavy atom. The Morgan fingerprint density at radius 1 is 1.43 bits per heavy atom. The predicted molar refractivity (Wildman–Crippen MR) is 96.6 cm³/mol. The third kappa shape index (κ3) is 5.30. The van der Waals surface area contributed by atoms with Gasteiger partial charge in [-0.1, -0.05) is 30.3 Å². The molecule has 4 nitrogen and oxygen atoms in total. The third-order valence-corrected chi connectivity index (χ3v) is 4.31. The van der Waals surface area contributed by atoms with Crippen LogP contribution in [-0.4, -0.2) is 24.1 Å². The van der Waals surface area contributed by atoms with Crippen LogP contribution in [0.5, 0.6) is 5.75 Å². The molecule has 1 aromatic heterocycles. The molecule has 0 fully saturated rings. The summed E-state index contributed by atoms with van der Waals surface area (Å²) in [6, 6.07) is 10.9. The number of thiophene rings is 1. The number of nitrogens with one attached hydrogen (secondary N) is 1. The highest BCUT2D eigenvalue weighted by Crippen LogP contribution is 2.23. The van der Waals surface area contributed by atoms with Crippen LogP contribution in [0.1, 0.15) is 11.8 Å². The number of hydrogen-bond acceptors (Lipinski definition) is 3. The maximum Gasteiger partial charge on any atom is 0.322 e. The molecule has 0 aliphatic carbocycles. The lowest BCUT2D eigenvalue weighted by molar-refractivity contribution is 0.212. The standard InChI is InChI=1S/C17H19ClN2O2S/c1-3-10-22-14-7-5-6-13(11-14)19-17(21)20(4-2)12-15-8-9-16(18)23-15/h3,5-9,11H,1,4,10,12H2,2H3,(H,19,21). The van der Waals surface area contributed by atoms with E-state index >= 15 is 0 Å². The van der Waals surface area contributed by atoms with Gasteiger partial charge in [0.15, 0.2) is 0 Å². The topological polar surface area (TPSA) is 41.6 Å². The van der Waals surface area contributed by atoms with E-state index in [1.807, 2.05) is 37.3 Å². The zero-order valence-corrected chi connectivity index (χ0v) is 14.5. The Morgan fingerprint density at radius 3 is 2.91 bits per heavy atom. The van der Waals surface area contributed by atoms with E-state index < -0.39 is 0 Å². The summed E-state index contributed by atoms with van der Waals surface area (Å²) in [4.78, 5) is 15.2. The minimum atomic E-state index is -0.155. The molecule has 0 aliphatic rings. The first-order valence-corrected chi connectivity index (χ1v) is 8.45. The quantitative estimate of drug-likeness (QED) is 0.712. The first-order valence-electron chi connectivity index (χ1n) is 7.26. The molecule has 0 aliphatic heterocycles. The lowest BCUT2D eigenvalue weighted by Crippen LogP contribution is -2.34. The van der Waals surface area contributed by atoms with Crippen molar-refractivity contribution >= 4 is 34.7 Å². The molecule has 122 valence electrons. The van der Waals surface area contributed by atoms with E-state index in [2.05, 4.69) is 11.9 Å². The van der Waals surface area contributed by atoms with Crippen molar-refractivity contribution in [2.24, 2.45) is 0 Å².